The van der Waals surface area contributed by atoms with Gasteiger partial charge in [0, 0.05) is 18.6 Å². The van der Waals surface area contributed by atoms with E-state index in [1.807, 2.05) is 0 Å². The Morgan fingerprint density at radius 1 is 1.12 bits per heavy atom. The topological polar surface area (TPSA) is 20.2 Å². The minimum absolute atomic E-state index is 0. The van der Waals surface area contributed by atoms with Gasteiger partial charge in [0.15, 0.2) is 0 Å². The maximum absolute atomic E-state index is 7.87. The first-order chi connectivity index (χ1) is 5.33. The van der Waals surface area contributed by atoms with Crippen LogP contribution in [0.15, 0.2) is 31.9 Å². The van der Waals surface area contributed by atoms with E-state index >= 15 is 0 Å². The minimum atomic E-state index is 0. The molecular weight excluding hydrogens is 490 g/mol. The van der Waals surface area contributed by atoms with Crippen molar-refractivity contribution in [1.29, 1.82) is 0 Å². The summed E-state index contributed by atoms with van der Waals surface area (Å²) in [6, 6.07) is 0. The summed E-state index contributed by atoms with van der Waals surface area (Å²) < 4.78 is 0. The fourth-order valence-corrected chi connectivity index (χ4v) is 0.0745. The molecule has 0 aromatic heterocycles. The monoisotopic (exact) mass is 519 g/mol. The summed E-state index contributed by atoms with van der Waals surface area (Å²) >= 11 is 0. The average Bonchev–Trinajstić information content (AvgIpc) is 2.10. The number of allylic oxidation sites excluding steroid dienone is 1. The van der Waals surface area contributed by atoms with Gasteiger partial charge in [-0.05, 0) is 0 Å². The van der Waals surface area contributed by atoms with Crippen LogP contribution in [0.4, 0.5) is 0 Å². The van der Waals surface area contributed by atoms with Crippen molar-refractivity contribution in [2.75, 3.05) is 0 Å². The summed E-state index contributed by atoms with van der Waals surface area (Å²) in [5, 5.41) is 7.87. The number of hydrogen-bond acceptors (Lipinski definition) is 1. The Morgan fingerprint density at radius 2 is 1.38 bits per heavy atom. The molecule has 0 saturated carbocycles. The Bertz CT molecular complexity index is 78.3. The molecule has 0 atom stereocenters. The molecule has 0 aromatic rings. The van der Waals surface area contributed by atoms with Crippen molar-refractivity contribution in [3.05, 3.63) is 52.0 Å². The van der Waals surface area contributed by atoms with E-state index in [2.05, 4.69) is 33.2 Å². The fourth-order valence-electron chi connectivity index (χ4n) is 0.0745. The molecule has 0 amide bonds. The van der Waals surface area contributed by atoms with Crippen molar-refractivity contribution >= 4 is 0 Å². The van der Waals surface area contributed by atoms with Crippen molar-refractivity contribution < 1.29 is 23.7 Å². The molecule has 0 aliphatic heterocycles. The first kappa shape index (κ1) is 61.1. The third kappa shape index (κ3) is 567. The van der Waals surface area contributed by atoms with Gasteiger partial charge in [-0.3, -0.25) is 6.58 Å². The number of aliphatic hydroxyl groups is 1. The molecule has 0 unspecified atom stereocenters. The van der Waals surface area contributed by atoms with Gasteiger partial charge in [0.1, 0.15) is 0 Å². The molecule has 0 spiro atoms. The van der Waals surface area contributed by atoms with Crippen LogP contribution in [0.1, 0.15) is 35.1 Å². The van der Waals surface area contributed by atoms with Crippen LogP contribution in [0, 0.1) is 20.1 Å². The molecule has 0 fully saturated rings. The van der Waals surface area contributed by atoms with Crippen LogP contribution in [-0.2, 0) is 18.6 Å². The van der Waals surface area contributed by atoms with Crippen LogP contribution in [0.3, 0.4) is 0 Å². The van der Waals surface area contributed by atoms with Crippen LogP contribution >= 0.6 is 0 Å². The van der Waals surface area contributed by atoms with E-state index in [9.17, 15) is 0 Å². The van der Waals surface area contributed by atoms with Gasteiger partial charge in [-0.25, -0.2) is 6.61 Å². The molecule has 16 heavy (non-hydrogen) atoms. The average molecular weight is 519 g/mol. The van der Waals surface area contributed by atoms with Crippen molar-refractivity contribution in [2.24, 2.45) is 0 Å². The molecule has 1 radical (unpaired) electrons. The van der Waals surface area contributed by atoms with Gasteiger partial charge in [-0.1, -0.05) is 22.3 Å². The zero-order valence-electron chi connectivity index (χ0n) is 8.15. The Hall–Kier alpha value is -1.24. The molecule has 0 bridgehead atoms. The maximum Gasteiger partial charge on any atom is 0 e. The van der Waals surface area contributed by atoms with Gasteiger partial charge in [0.05, 0.1) is 0 Å². The molecule has 1 N–H and O–H groups in total. The summed E-state index contributed by atoms with van der Waals surface area (Å²) in [7, 11) is 0. The molecule has 0 heterocycles. The molecule has 0 aliphatic carbocycles. The first-order valence-electron chi connectivity index (χ1n) is 3.21. The Labute approximate surface area is 111 Å². The molecule has 97 valence electrons. The molecule has 3 heteroatoms. The van der Waals surface area contributed by atoms with E-state index in [4.69, 9.17) is 5.11 Å². The summed E-state index contributed by atoms with van der Waals surface area (Å²) in [6.07, 6.45) is 4.81. The van der Waals surface area contributed by atoms with Gasteiger partial charge in [0.25, 0.3) is 0 Å². The fraction of sp³-hybridized carbons (Fsp3) is 0.385. The molecular formula is C13H29ORfV-3. The van der Waals surface area contributed by atoms with Crippen LogP contribution in [-0.4, -0.2) is 5.11 Å². The zero-order chi connectivity index (χ0) is 9.54. The Kier molecular flexibility index (Phi) is 605. The standard InChI is InChI=1S/C4H7O.C4H7.C2H3.3CH4.Rf.V/c1-2-3-4-5;1-3-4-2;1-2;;;;;/h2,4-5H,1,3H2;3H,1-2,4H2;1H,2H2;3*1H4;;/q3*-1;;;;;. The van der Waals surface area contributed by atoms with Crippen molar-refractivity contribution in [3.8, 4) is 0 Å². The van der Waals surface area contributed by atoms with E-state index in [1.165, 1.54) is 0 Å². The molecule has 0 aliphatic rings. The Balaban J connectivity index is -0.00000000913. The van der Waals surface area contributed by atoms with E-state index < -0.39 is 0 Å². The quantitative estimate of drug-likeness (QED) is 0.411. The van der Waals surface area contributed by atoms with Crippen LogP contribution in [0.25, 0.3) is 0 Å². The third-order valence-electron chi connectivity index (χ3n) is 0.476. The molecule has 1 nitrogen and oxygen atoms in total. The van der Waals surface area contributed by atoms with E-state index in [0.717, 1.165) is 13.0 Å². The first-order valence-corrected chi connectivity index (χ1v) is 3.21. The molecule has 0 saturated heterocycles. The Morgan fingerprint density at radius 3 is 1.38 bits per heavy atom. The molecule has 0 rings (SSSR count). The van der Waals surface area contributed by atoms with E-state index in [1.54, 1.807) is 12.2 Å². The summed E-state index contributed by atoms with van der Waals surface area (Å²) in [5.74, 6) is 0. The van der Waals surface area contributed by atoms with Gasteiger partial charge in [-0.15, -0.1) is 31.7 Å². The smallest absolute Gasteiger partial charge is 0 e. The second-order valence-corrected chi connectivity index (χ2v) is 1.28. The molecule has 0 aromatic carbocycles. The van der Waals surface area contributed by atoms with Crippen molar-refractivity contribution in [3.63, 3.8) is 0 Å². The van der Waals surface area contributed by atoms with Gasteiger partial charge in [-0.2, -0.15) is 6.42 Å². The van der Waals surface area contributed by atoms with E-state index in [-0.39, 0.29) is 40.8 Å². The zero-order valence-corrected chi connectivity index (χ0v) is 15.9. The van der Waals surface area contributed by atoms with E-state index in [0.29, 0.717) is 6.42 Å². The van der Waals surface area contributed by atoms with Crippen LogP contribution in [0.5, 0.6) is 0 Å². The van der Waals surface area contributed by atoms with Crippen LogP contribution in [0.2, 0.25) is 0 Å². The van der Waals surface area contributed by atoms with Crippen LogP contribution < -0.4 is 0 Å². The number of hydrogen-bond donors (Lipinski definition) is 1. The predicted molar refractivity (Wildman–Crippen MR) is 71.3 cm³/mol. The summed E-state index contributed by atoms with van der Waals surface area (Å²) in [4.78, 5) is 0. The second-order valence-electron chi connectivity index (χ2n) is 1.28. The normalized spacial score (nSPS) is 4.12. The largest absolute Gasteiger partial charge is 0.566 e. The van der Waals surface area contributed by atoms with Gasteiger partial charge >= 0.3 is 0 Å². The third-order valence-corrected chi connectivity index (χ3v) is 0.476. The minimum Gasteiger partial charge on any atom is -0.566 e. The summed E-state index contributed by atoms with van der Waals surface area (Å²) in [6.45, 7) is 18.3. The second kappa shape index (κ2) is 158. The SMILES string of the molecule is C.C.C.C=CC[CH-]O.C=CC[CH2-].[CH-]=C.[Rf].[V]. The summed E-state index contributed by atoms with van der Waals surface area (Å²) in [5.41, 5.74) is 0. The van der Waals surface area contributed by atoms with Crippen molar-refractivity contribution in [2.45, 2.75) is 35.1 Å². The van der Waals surface area contributed by atoms with Gasteiger partial charge < -0.3 is 18.6 Å². The number of aliphatic hydroxyl groups excluding tert-OH is 1. The van der Waals surface area contributed by atoms with Gasteiger partial charge in [0.2, 0.25) is 0 Å². The number of rotatable bonds is 3. The predicted octanol–water partition coefficient (Wildman–Crippen LogP) is 5.00. The van der Waals surface area contributed by atoms with Crippen molar-refractivity contribution in [1.82, 2.24) is 0 Å². The maximum atomic E-state index is 7.87.